The maximum Gasteiger partial charge on any atom is 0.315 e. The Kier molecular flexibility index (Phi) is 8.86. The van der Waals surface area contributed by atoms with Crippen molar-refractivity contribution in [3.63, 3.8) is 0 Å². The third-order valence-corrected chi connectivity index (χ3v) is 5.99. The molecular weight excluding hydrogens is 434 g/mol. The second kappa shape index (κ2) is 12.0. The Hall–Kier alpha value is -3.36. The number of nitrogens with zero attached hydrogens (tertiary/aromatic N) is 1. The zero-order valence-electron chi connectivity index (χ0n) is 19.0. The number of benzene rings is 2. The number of hydrogen-bond acceptors (Lipinski definition) is 5. The van der Waals surface area contributed by atoms with Crippen LogP contribution in [0.1, 0.15) is 33.9 Å². The van der Waals surface area contributed by atoms with Gasteiger partial charge < -0.3 is 26.6 Å². The van der Waals surface area contributed by atoms with Crippen LogP contribution in [0.15, 0.2) is 65.4 Å². The summed E-state index contributed by atoms with van der Waals surface area (Å²) < 4.78 is 0. The highest BCUT2D eigenvalue weighted by molar-refractivity contribution is 7.09. The lowest BCUT2D eigenvalue weighted by atomic mass is 10.0. The van der Waals surface area contributed by atoms with Crippen molar-refractivity contribution in [2.45, 2.75) is 18.9 Å². The fourth-order valence-electron chi connectivity index (χ4n) is 3.35. The predicted octanol–water partition coefficient (Wildman–Crippen LogP) is 4.12. The fraction of sp³-hybridized carbons (Fsp3) is 0.280. The van der Waals surface area contributed by atoms with E-state index >= 15 is 0 Å². The van der Waals surface area contributed by atoms with Crippen LogP contribution in [0, 0.1) is 0 Å². The number of nitrogens with two attached hydrogens (primary N) is 1. The molecule has 0 spiro atoms. The largest absolute Gasteiger partial charge is 0.396 e. The van der Waals surface area contributed by atoms with E-state index in [1.807, 2.05) is 56.6 Å². The van der Waals surface area contributed by atoms with Gasteiger partial charge in [-0.15, -0.1) is 11.3 Å². The van der Waals surface area contributed by atoms with Crippen molar-refractivity contribution in [1.82, 2.24) is 15.5 Å². The summed E-state index contributed by atoms with van der Waals surface area (Å²) in [6.45, 7) is 1.37. The monoisotopic (exact) mass is 465 g/mol. The van der Waals surface area contributed by atoms with Crippen LogP contribution < -0.4 is 21.7 Å². The molecule has 0 aliphatic carbocycles. The predicted molar refractivity (Wildman–Crippen MR) is 136 cm³/mol. The number of nitrogens with one attached hydrogen (secondary N) is 3. The van der Waals surface area contributed by atoms with E-state index in [1.165, 1.54) is 16.9 Å². The summed E-state index contributed by atoms with van der Waals surface area (Å²) in [5, 5.41) is 12.4. The van der Waals surface area contributed by atoms with Crippen molar-refractivity contribution in [1.29, 1.82) is 0 Å². The fourth-order valence-corrected chi connectivity index (χ4v) is 4.03. The standard InChI is InChI=1S/C25H31N5O2S/c1-30(2)15-13-22(29-25(32)27-14-12-18-6-4-3-5-7-18)19-8-10-20(11-9-19)24(31)28-23-17-33-16-21(23)26/h3-11,16-17,22H,12-15,26H2,1-2H3,(H,28,31)(H2,27,29,32). The minimum Gasteiger partial charge on any atom is -0.396 e. The van der Waals surface area contributed by atoms with E-state index in [2.05, 4.69) is 20.9 Å². The van der Waals surface area contributed by atoms with Gasteiger partial charge in [-0.05, 0) is 56.7 Å². The molecule has 1 unspecified atom stereocenters. The first-order valence-electron chi connectivity index (χ1n) is 10.9. The topological polar surface area (TPSA) is 99.5 Å². The molecule has 0 saturated heterocycles. The van der Waals surface area contributed by atoms with Gasteiger partial charge in [-0.1, -0.05) is 42.5 Å². The van der Waals surface area contributed by atoms with E-state index in [4.69, 9.17) is 5.73 Å². The quantitative estimate of drug-likeness (QED) is 0.362. The molecule has 0 aliphatic heterocycles. The second-order valence-electron chi connectivity index (χ2n) is 8.10. The summed E-state index contributed by atoms with van der Waals surface area (Å²) in [5.74, 6) is -0.219. The summed E-state index contributed by atoms with van der Waals surface area (Å²) in [6.07, 6.45) is 1.52. The summed E-state index contributed by atoms with van der Waals surface area (Å²) in [6, 6.07) is 17.0. The van der Waals surface area contributed by atoms with Crippen LogP contribution in [0.5, 0.6) is 0 Å². The highest BCUT2D eigenvalue weighted by atomic mass is 32.1. The van der Waals surface area contributed by atoms with E-state index in [0.717, 1.165) is 24.9 Å². The van der Waals surface area contributed by atoms with E-state index in [1.54, 1.807) is 22.9 Å². The SMILES string of the molecule is CN(C)CCC(NC(=O)NCCc1ccccc1)c1ccc(C(=O)Nc2cscc2N)cc1. The van der Waals surface area contributed by atoms with E-state index in [9.17, 15) is 9.59 Å². The smallest absolute Gasteiger partial charge is 0.315 e. The van der Waals surface area contributed by atoms with Gasteiger partial charge in [-0.2, -0.15) is 0 Å². The molecule has 0 fully saturated rings. The number of hydrogen-bond donors (Lipinski definition) is 4. The third-order valence-electron chi connectivity index (χ3n) is 5.23. The van der Waals surface area contributed by atoms with Gasteiger partial charge in [0.25, 0.3) is 5.91 Å². The molecule has 8 heteroatoms. The zero-order chi connectivity index (χ0) is 23.6. The number of carbonyl (C=O) groups is 2. The van der Waals surface area contributed by atoms with Crippen LogP contribution in [0.3, 0.4) is 0 Å². The summed E-state index contributed by atoms with van der Waals surface area (Å²) in [5.41, 5.74) is 9.67. The van der Waals surface area contributed by atoms with Crippen LogP contribution in [-0.2, 0) is 6.42 Å². The van der Waals surface area contributed by atoms with Crippen molar-refractivity contribution in [2.24, 2.45) is 0 Å². The van der Waals surface area contributed by atoms with Gasteiger partial charge in [0, 0.05) is 22.9 Å². The molecule has 0 saturated carbocycles. The molecule has 0 aliphatic rings. The van der Waals surface area contributed by atoms with Crippen LogP contribution in [0.4, 0.5) is 16.2 Å². The average Bonchev–Trinajstić information content (AvgIpc) is 3.21. The van der Waals surface area contributed by atoms with Crippen LogP contribution in [0.25, 0.3) is 0 Å². The van der Waals surface area contributed by atoms with Crippen LogP contribution >= 0.6 is 11.3 Å². The number of rotatable bonds is 10. The average molecular weight is 466 g/mol. The highest BCUT2D eigenvalue weighted by Gasteiger charge is 2.16. The number of nitrogen functional groups attached to an aromatic ring is 1. The Balaban J connectivity index is 1.59. The zero-order valence-corrected chi connectivity index (χ0v) is 19.8. The minimum absolute atomic E-state index is 0.172. The Bertz CT molecular complexity index is 1030. The number of carbonyl (C=O) groups excluding carboxylic acids is 2. The van der Waals surface area contributed by atoms with Gasteiger partial charge in [0.15, 0.2) is 0 Å². The summed E-state index contributed by atoms with van der Waals surface area (Å²) in [7, 11) is 4.00. The highest BCUT2D eigenvalue weighted by Crippen LogP contribution is 2.24. The Morgan fingerprint density at radius 1 is 1.03 bits per heavy atom. The lowest BCUT2D eigenvalue weighted by molar-refractivity contribution is 0.102. The molecule has 0 bridgehead atoms. The molecule has 2 aromatic carbocycles. The van der Waals surface area contributed by atoms with Crippen LogP contribution in [0.2, 0.25) is 0 Å². The van der Waals surface area contributed by atoms with E-state index < -0.39 is 0 Å². The van der Waals surface area contributed by atoms with Crippen LogP contribution in [-0.4, -0.2) is 44.0 Å². The molecule has 33 heavy (non-hydrogen) atoms. The molecule has 174 valence electrons. The van der Waals surface area contributed by atoms with Crippen molar-refractivity contribution in [3.05, 3.63) is 82.0 Å². The molecule has 3 amide bonds. The second-order valence-corrected chi connectivity index (χ2v) is 8.84. The van der Waals surface area contributed by atoms with Crippen molar-refractivity contribution < 1.29 is 9.59 Å². The number of anilines is 2. The Morgan fingerprint density at radius 2 is 1.76 bits per heavy atom. The molecule has 1 atom stereocenters. The van der Waals surface area contributed by atoms with E-state index in [0.29, 0.717) is 23.5 Å². The lowest BCUT2D eigenvalue weighted by Crippen LogP contribution is -2.39. The van der Waals surface area contributed by atoms with Gasteiger partial charge in [0.05, 0.1) is 17.4 Å². The molecule has 7 nitrogen and oxygen atoms in total. The third kappa shape index (κ3) is 7.62. The van der Waals surface area contributed by atoms with Crippen molar-refractivity contribution in [2.75, 3.05) is 38.2 Å². The summed E-state index contributed by atoms with van der Waals surface area (Å²) in [4.78, 5) is 27.1. The number of urea groups is 1. The summed E-state index contributed by atoms with van der Waals surface area (Å²) >= 11 is 1.44. The van der Waals surface area contributed by atoms with Gasteiger partial charge >= 0.3 is 6.03 Å². The Morgan fingerprint density at radius 3 is 2.39 bits per heavy atom. The normalized spacial score (nSPS) is 11.7. The number of amides is 3. The molecule has 3 aromatic rings. The molecule has 1 heterocycles. The molecule has 1 aromatic heterocycles. The molecule has 5 N–H and O–H groups in total. The number of thiophene rings is 1. The Labute approximate surface area is 199 Å². The molecular formula is C25H31N5O2S. The van der Waals surface area contributed by atoms with Gasteiger partial charge in [-0.3, -0.25) is 4.79 Å². The van der Waals surface area contributed by atoms with Crippen molar-refractivity contribution in [3.8, 4) is 0 Å². The first-order chi connectivity index (χ1) is 15.9. The lowest BCUT2D eigenvalue weighted by Gasteiger charge is -2.22. The molecule has 3 rings (SSSR count). The van der Waals surface area contributed by atoms with Gasteiger partial charge in [0.2, 0.25) is 0 Å². The van der Waals surface area contributed by atoms with E-state index in [-0.39, 0.29) is 18.0 Å². The first kappa shape index (κ1) is 24.3. The molecule has 0 radical (unpaired) electrons. The van der Waals surface area contributed by atoms with Gasteiger partial charge in [0.1, 0.15) is 0 Å². The van der Waals surface area contributed by atoms with Gasteiger partial charge in [-0.25, -0.2) is 4.79 Å². The van der Waals surface area contributed by atoms with Crippen molar-refractivity contribution >= 4 is 34.6 Å². The minimum atomic E-state index is -0.219. The maximum absolute atomic E-state index is 12.5. The first-order valence-corrected chi connectivity index (χ1v) is 11.8. The maximum atomic E-state index is 12.5.